The van der Waals surface area contributed by atoms with E-state index in [0.717, 1.165) is 0 Å². The van der Waals surface area contributed by atoms with E-state index in [4.69, 9.17) is 0 Å². The fraction of sp³-hybridized carbons (Fsp3) is 0.500. The van der Waals surface area contributed by atoms with Gasteiger partial charge in [0.15, 0.2) is 0 Å². The van der Waals surface area contributed by atoms with Crippen LogP contribution in [0.25, 0.3) is 0 Å². The van der Waals surface area contributed by atoms with Crippen LogP contribution in [0.1, 0.15) is 66.4 Å². The van der Waals surface area contributed by atoms with E-state index >= 15 is 0 Å². The highest BCUT2D eigenvalue weighted by molar-refractivity contribution is 5.40. The molecule has 1 aliphatic carbocycles. The number of rotatable bonds is 2. The highest BCUT2D eigenvalue weighted by Crippen LogP contribution is 2.33. The van der Waals surface area contributed by atoms with Crippen LogP contribution < -0.4 is 0 Å². The van der Waals surface area contributed by atoms with Gasteiger partial charge in [-0.1, -0.05) is 90.1 Å². The number of benzene rings is 1. The monoisotopic (exact) mass is 272 g/mol. The molecule has 0 aliphatic heterocycles. The minimum absolute atomic E-state index is 0.127. The molecular weight excluding hydrogens is 240 g/mol. The molecule has 0 atom stereocenters. The van der Waals surface area contributed by atoms with Crippen LogP contribution in [0.4, 0.5) is 0 Å². The predicted octanol–water partition coefficient (Wildman–Crippen LogP) is 6.68. The molecule has 1 aromatic rings. The van der Waals surface area contributed by atoms with Crippen molar-refractivity contribution < 1.29 is 0 Å². The molecule has 2 rings (SSSR count). The summed E-state index contributed by atoms with van der Waals surface area (Å²) < 4.78 is 0. The maximum Gasteiger partial charge on any atom is 0.0143 e. The first-order chi connectivity index (χ1) is 9.71. The third kappa shape index (κ3) is 5.36. The van der Waals surface area contributed by atoms with Gasteiger partial charge in [-0.2, -0.15) is 0 Å². The van der Waals surface area contributed by atoms with Crippen molar-refractivity contribution in [1.82, 2.24) is 0 Å². The second-order valence-electron chi connectivity index (χ2n) is 4.98. The smallest absolute Gasteiger partial charge is 0.0143 e. The fourth-order valence-electron chi connectivity index (χ4n) is 2.26. The molecule has 0 N–H and O–H groups in total. The minimum Gasteiger partial charge on any atom is -0.0842 e. The molecule has 0 spiro atoms. The van der Waals surface area contributed by atoms with E-state index in [1.165, 1.54) is 30.4 Å². The summed E-state index contributed by atoms with van der Waals surface area (Å²) in [5.74, 6) is 0. The summed E-state index contributed by atoms with van der Waals surface area (Å²) in [5.41, 5.74) is 2.98. The third-order valence-electron chi connectivity index (χ3n) is 3.45. The third-order valence-corrected chi connectivity index (χ3v) is 3.45. The fourth-order valence-corrected chi connectivity index (χ4v) is 2.26. The Morgan fingerprint density at radius 3 is 2.05 bits per heavy atom. The summed E-state index contributed by atoms with van der Waals surface area (Å²) >= 11 is 0. The Labute approximate surface area is 126 Å². The summed E-state index contributed by atoms with van der Waals surface area (Å²) in [6.45, 7) is 12.6. The summed E-state index contributed by atoms with van der Waals surface area (Å²) in [4.78, 5) is 0. The zero-order chi connectivity index (χ0) is 15.4. The van der Waals surface area contributed by atoms with Crippen LogP contribution in [0, 0.1) is 0 Å². The van der Waals surface area contributed by atoms with Gasteiger partial charge in [-0.05, 0) is 30.4 Å². The zero-order valence-electron chi connectivity index (χ0n) is 14.2. The van der Waals surface area contributed by atoms with E-state index in [-0.39, 0.29) is 5.41 Å². The Bertz CT molecular complexity index is 393. The lowest BCUT2D eigenvalue weighted by atomic mass is 9.77. The standard InChI is InChI=1S/C16H20.2C2H6/c1-16(2,15-12-8-5-9-13-15)14-10-6-3-4-7-11-14;2*1-2/h5-6,8-13H,3-4,7H2,1-2H3;2*1-2H3. The highest BCUT2D eigenvalue weighted by atomic mass is 14.3. The predicted molar refractivity (Wildman–Crippen MR) is 93.2 cm³/mol. The first kappa shape index (κ1) is 18.7. The van der Waals surface area contributed by atoms with Gasteiger partial charge in [-0.3, -0.25) is 0 Å². The van der Waals surface area contributed by atoms with E-state index < -0.39 is 0 Å². The molecule has 0 fully saturated rings. The Morgan fingerprint density at radius 2 is 1.45 bits per heavy atom. The van der Waals surface area contributed by atoms with Crippen molar-refractivity contribution >= 4 is 0 Å². The molecular formula is C20H32. The lowest BCUT2D eigenvalue weighted by Crippen LogP contribution is -2.19. The van der Waals surface area contributed by atoms with Crippen molar-refractivity contribution in [1.29, 1.82) is 0 Å². The van der Waals surface area contributed by atoms with Crippen LogP contribution >= 0.6 is 0 Å². The molecule has 1 aromatic carbocycles. The Balaban J connectivity index is 0.000000829. The maximum absolute atomic E-state index is 2.40. The molecule has 0 nitrogen and oxygen atoms in total. The summed E-state index contributed by atoms with van der Waals surface area (Å²) in [6, 6.07) is 10.8. The van der Waals surface area contributed by atoms with Crippen LogP contribution in [0.2, 0.25) is 0 Å². The van der Waals surface area contributed by atoms with Crippen molar-refractivity contribution in [3.05, 3.63) is 59.7 Å². The molecule has 0 radical (unpaired) electrons. The maximum atomic E-state index is 2.40. The van der Waals surface area contributed by atoms with Crippen molar-refractivity contribution in [2.75, 3.05) is 0 Å². The van der Waals surface area contributed by atoms with E-state index in [1.807, 2.05) is 27.7 Å². The second kappa shape index (κ2) is 10.5. The van der Waals surface area contributed by atoms with Crippen LogP contribution in [0.5, 0.6) is 0 Å². The van der Waals surface area contributed by atoms with Crippen molar-refractivity contribution in [3.8, 4) is 0 Å². The number of allylic oxidation sites excluding steroid dienone is 4. The molecule has 0 bridgehead atoms. The van der Waals surface area contributed by atoms with Crippen molar-refractivity contribution in [2.45, 2.75) is 66.2 Å². The Kier molecular flexibility index (Phi) is 9.80. The molecule has 112 valence electrons. The SMILES string of the molecule is CC.CC.CC(C)(C1=CCCCC=C1)c1ccccc1. The largest absolute Gasteiger partial charge is 0.0842 e. The summed E-state index contributed by atoms with van der Waals surface area (Å²) in [5, 5.41) is 0. The van der Waals surface area contributed by atoms with Gasteiger partial charge in [0.05, 0.1) is 0 Å². The Morgan fingerprint density at radius 1 is 0.850 bits per heavy atom. The molecule has 0 unspecified atom stereocenters. The highest BCUT2D eigenvalue weighted by Gasteiger charge is 2.23. The van der Waals surface area contributed by atoms with Gasteiger partial charge in [0.1, 0.15) is 0 Å². The van der Waals surface area contributed by atoms with Crippen molar-refractivity contribution in [2.24, 2.45) is 0 Å². The van der Waals surface area contributed by atoms with Gasteiger partial charge >= 0.3 is 0 Å². The van der Waals surface area contributed by atoms with Crippen LogP contribution in [-0.4, -0.2) is 0 Å². The van der Waals surface area contributed by atoms with Crippen LogP contribution in [-0.2, 0) is 5.41 Å². The molecule has 0 aromatic heterocycles. The Hall–Kier alpha value is -1.30. The van der Waals surface area contributed by atoms with E-state index in [9.17, 15) is 0 Å². The van der Waals surface area contributed by atoms with Gasteiger partial charge in [0.2, 0.25) is 0 Å². The molecule has 0 amide bonds. The minimum atomic E-state index is 0.127. The first-order valence-electron chi connectivity index (χ1n) is 8.14. The zero-order valence-corrected chi connectivity index (χ0v) is 14.2. The first-order valence-corrected chi connectivity index (χ1v) is 8.14. The van der Waals surface area contributed by atoms with Gasteiger partial charge < -0.3 is 0 Å². The van der Waals surface area contributed by atoms with E-state index in [1.54, 1.807) is 0 Å². The number of hydrogen-bond acceptors (Lipinski definition) is 0. The van der Waals surface area contributed by atoms with Gasteiger partial charge in [-0.15, -0.1) is 0 Å². The summed E-state index contributed by atoms with van der Waals surface area (Å²) in [7, 11) is 0. The molecule has 0 heterocycles. The normalized spacial score (nSPS) is 14.0. The lowest BCUT2D eigenvalue weighted by molar-refractivity contribution is 0.636. The van der Waals surface area contributed by atoms with Gasteiger partial charge in [0, 0.05) is 5.41 Å². The molecule has 20 heavy (non-hydrogen) atoms. The molecule has 0 heteroatoms. The van der Waals surface area contributed by atoms with E-state index in [0.29, 0.717) is 0 Å². The number of hydrogen-bond donors (Lipinski definition) is 0. The summed E-state index contributed by atoms with van der Waals surface area (Å²) in [6.07, 6.45) is 10.7. The van der Waals surface area contributed by atoms with Gasteiger partial charge in [0.25, 0.3) is 0 Å². The molecule has 0 saturated carbocycles. The lowest BCUT2D eigenvalue weighted by Gasteiger charge is -2.27. The quantitative estimate of drug-likeness (QED) is 0.563. The second-order valence-corrected chi connectivity index (χ2v) is 4.98. The van der Waals surface area contributed by atoms with Gasteiger partial charge in [-0.25, -0.2) is 0 Å². The van der Waals surface area contributed by atoms with Crippen molar-refractivity contribution in [3.63, 3.8) is 0 Å². The average Bonchev–Trinajstić information content (AvgIpc) is 2.82. The van der Waals surface area contributed by atoms with Crippen LogP contribution in [0.3, 0.4) is 0 Å². The van der Waals surface area contributed by atoms with E-state index in [2.05, 4.69) is 62.4 Å². The topological polar surface area (TPSA) is 0 Å². The van der Waals surface area contributed by atoms with Crippen LogP contribution in [0.15, 0.2) is 54.1 Å². The molecule has 1 aliphatic rings. The molecule has 0 saturated heterocycles. The average molecular weight is 272 g/mol.